The maximum atomic E-state index is 10.1. The van der Waals surface area contributed by atoms with Crippen molar-refractivity contribution in [3.8, 4) is 0 Å². The molecule has 2 rings (SSSR count). The van der Waals surface area contributed by atoms with Crippen molar-refractivity contribution in [2.75, 3.05) is 0 Å². The van der Waals surface area contributed by atoms with Gasteiger partial charge in [0, 0.05) is 21.3 Å². The molecule has 0 bridgehead atoms. The van der Waals surface area contributed by atoms with Crippen LogP contribution in [0.15, 0.2) is 34.1 Å². The van der Waals surface area contributed by atoms with Crippen LogP contribution in [-0.2, 0) is 6.42 Å². The third kappa shape index (κ3) is 3.70. The highest BCUT2D eigenvalue weighted by atomic mass is 79.9. The second-order valence-electron chi connectivity index (χ2n) is 3.63. The molecule has 5 heteroatoms. The van der Waals surface area contributed by atoms with Crippen LogP contribution in [0.5, 0.6) is 0 Å². The predicted octanol–water partition coefficient (Wildman–Crippen LogP) is 5.09. The molecule has 0 radical (unpaired) electrons. The normalized spacial score (nSPS) is 12.7. The second kappa shape index (κ2) is 5.72. The van der Waals surface area contributed by atoms with Crippen LogP contribution in [0.25, 0.3) is 0 Å². The molecule has 0 fully saturated rings. The summed E-state index contributed by atoms with van der Waals surface area (Å²) < 4.78 is 1.06. The number of aliphatic hydroxyl groups is 1. The SMILES string of the molecule is OC(Cc1ccc(Br)s1)c1cc(Cl)cc(Cl)c1. The third-order valence-electron chi connectivity index (χ3n) is 2.29. The number of thiophene rings is 1. The van der Waals surface area contributed by atoms with Gasteiger partial charge in [0.25, 0.3) is 0 Å². The lowest BCUT2D eigenvalue weighted by atomic mass is 10.1. The molecule has 1 nitrogen and oxygen atoms in total. The largest absolute Gasteiger partial charge is 0.388 e. The minimum absolute atomic E-state index is 0.541. The van der Waals surface area contributed by atoms with Gasteiger partial charge in [-0.3, -0.25) is 0 Å². The number of aliphatic hydroxyl groups excluding tert-OH is 1. The van der Waals surface area contributed by atoms with E-state index >= 15 is 0 Å². The molecule has 1 heterocycles. The zero-order valence-electron chi connectivity index (χ0n) is 8.66. The summed E-state index contributed by atoms with van der Waals surface area (Å²) in [7, 11) is 0. The van der Waals surface area contributed by atoms with Crippen LogP contribution in [0.2, 0.25) is 10.0 Å². The van der Waals surface area contributed by atoms with Crippen LogP contribution < -0.4 is 0 Å². The van der Waals surface area contributed by atoms with E-state index in [2.05, 4.69) is 15.9 Å². The Hall–Kier alpha value is -0.0600. The topological polar surface area (TPSA) is 20.2 Å². The maximum absolute atomic E-state index is 10.1. The molecule has 1 atom stereocenters. The summed E-state index contributed by atoms with van der Waals surface area (Å²) >= 11 is 16.8. The van der Waals surface area contributed by atoms with Crippen molar-refractivity contribution in [2.24, 2.45) is 0 Å². The third-order valence-corrected chi connectivity index (χ3v) is 4.38. The first kappa shape index (κ1) is 13.4. The molecule has 0 spiro atoms. The van der Waals surface area contributed by atoms with Crippen molar-refractivity contribution in [2.45, 2.75) is 12.5 Å². The predicted molar refractivity (Wildman–Crippen MR) is 77.1 cm³/mol. The van der Waals surface area contributed by atoms with E-state index in [9.17, 15) is 5.11 Å². The van der Waals surface area contributed by atoms with Crippen molar-refractivity contribution in [3.63, 3.8) is 0 Å². The first-order valence-electron chi connectivity index (χ1n) is 4.93. The molecule has 0 aliphatic carbocycles. The molecular formula is C12H9BrCl2OS. The summed E-state index contributed by atoms with van der Waals surface area (Å²) in [5, 5.41) is 11.2. The van der Waals surface area contributed by atoms with Crippen LogP contribution in [-0.4, -0.2) is 5.11 Å². The van der Waals surface area contributed by atoms with Gasteiger partial charge in [-0.2, -0.15) is 0 Å². The van der Waals surface area contributed by atoms with E-state index in [0.29, 0.717) is 16.5 Å². The van der Waals surface area contributed by atoms with E-state index in [1.165, 1.54) is 0 Å². The Labute approximate surface area is 122 Å². The molecule has 1 unspecified atom stereocenters. The average Bonchev–Trinajstić information content (AvgIpc) is 2.62. The minimum atomic E-state index is -0.586. The first-order chi connectivity index (χ1) is 8.04. The summed E-state index contributed by atoms with van der Waals surface area (Å²) in [4.78, 5) is 1.11. The molecule has 90 valence electrons. The maximum Gasteiger partial charge on any atom is 0.0839 e. The smallest absolute Gasteiger partial charge is 0.0839 e. The summed E-state index contributed by atoms with van der Waals surface area (Å²) in [5.74, 6) is 0. The Kier molecular flexibility index (Phi) is 4.50. The number of hydrogen-bond donors (Lipinski definition) is 1. The average molecular weight is 352 g/mol. The van der Waals surface area contributed by atoms with E-state index in [-0.39, 0.29) is 0 Å². The molecule has 0 aliphatic heterocycles. The van der Waals surface area contributed by atoms with E-state index in [0.717, 1.165) is 14.2 Å². The Morgan fingerprint density at radius 3 is 2.35 bits per heavy atom. The number of benzene rings is 1. The van der Waals surface area contributed by atoms with Gasteiger partial charge in [-0.05, 0) is 51.8 Å². The monoisotopic (exact) mass is 350 g/mol. The Morgan fingerprint density at radius 2 is 1.82 bits per heavy atom. The number of hydrogen-bond acceptors (Lipinski definition) is 2. The molecule has 1 aromatic heterocycles. The molecule has 2 aromatic rings. The Balaban J connectivity index is 2.16. The highest BCUT2D eigenvalue weighted by Crippen LogP contribution is 2.29. The van der Waals surface area contributed by atoms with E-state index in [1.54, 1.807) is 29.5 Å². The second-order valence-corrected chi connectivity index (χ2v) is 7.05. The summed E-state index contributed by atoms with van der Waals surface area (Å²) in [6, 6.07) is 9.09. The van der Waals surface area contributed by atoms with Gasteiger partial charge in [-0.15, -0.1) is 11.3 Å². The van der Waals surface area contributed by atoms with Gasteiger partial charge in [0.05, 0.1) is 9.89 Å². The number of halogens is 3. The molecule has 1 N–H and O–H groups in total. The lowest BCUT2D eigenvalue weighted by molar-refractivity contribution is 0.179. The van der Waals surface area contributed by atoms with Crippen molar-refractivity contribution in [1.82, 2.24) is 0 Å². The highest BCUT2D eigenvalue weighted by Gasteiger charge is 2.11. The van der Waals surface area contributed by atoms with E-state index in [4.69, 9.17) is 23.2 Å². The Morgan fingerprint density at radius 1 is 1.18 bits per heavy atom. The molecule has 0 amide bonds. The van der Waals surface area contributed by atoms with Gasteiger partial charge in [0.2, 0.25) is 0 Å². The van der Waals surface area contributed by atoms with Gasteiger partial charge in [-0.1, -0.05) is 23.2 Å². The number of rotatable bonds is 3. The fraction of sp³-hybridized carbons (Fsp3) is 0.167. The van der Waals surface area contributed by atoms with Crippen LogP contribution in [0.4, 0.5) is 0 Å². The van der Waals surface area contributed by atoms with Gasteiger partial charge in [0.1, 0.15) is 0 Å². The van der Waals surface area contributed by atoms with Crippen molar-refractivity contribution in [3.05, 3.63) is 54.6 Å². The summed E-state index contributed by atoms with van der Waals surface area (Å²) in [6.45, 7) is 0. The fourth-order valence-electron chi connectivity index (χ4n) is 1.54. The van der Waals surface area contributed by atoms with E-state index in [1.807, 2.05) is 12.1 Å². The summed E-state index contributed by atoms with van der Waals surface area (Å²) in [6.07, 6.45) is -0.0239. The van der Waals surface area contributed by atoms with Crippen molar-refractivity contribution < 1.29 is 5.11 Å². The Bertz CT molecular complexity index is 507. The van der Waals surface area contributed by atoms with Crippen molar-refractivity contribution in [1.29, 1.82) is 0 Å². The van der Waals surface area contributed by atoms with Crippen LogP contribution in [0, 0.1) is 0 Å². The zero-order valence-corrected chi connectivity index (χ0v) is 12.6. The molecule has 0 saturated carbocycles. The standard InChI is InChI=1S/C12H9BrCl2OS/c13-12-2-1-10(17-12)6-11(16)7-3-8(14)5-9(15)4-7/h1-5,11,16H,6H2. The molecule has 0 saturated heterocycles. The fourth-order valence-corrected chi connectivity index (χ4v) is 3.60. The van der Waals surface area contributed by atoms with Gasteiger partial charge in [0.15, 0.2) is 0 Å². The highest BCUT2D eigenvalue weighted by molar-refractivity contribution is 9.11. The van der Waals surface area contributed by atoms with Gasteiger partial charge >= 0.3 is 0 Å². The summed E-state index contributed by atoms with van der Waals surface area (Å²) in [5.41, 5.74) is 0.743. The van der Waals surface area contributed by atoms with Crippen LogP contribution >= 0.6 is 50.5 Å². The lowest BCUT2D eigenvalue weighted by Gasteiger charge is -2.10. The first-order valence-corrected chi connectivity index (χ1v) is 7.29. The molecular weight excluding hydrogens is 343 g/mol. The quantitative estimate of drug-likeness (QED) is 0.816. The van der Waals surface area contributed by atoms with Gasteiger partial charge < -0.3 is 5.11 Å². The van der Waals surface area contributed by atoms with Crippen LogP contribution in [0.1, 0.15) is 16.5 Å². The molecule has 0 aliphatic rings. The van der Waals surface area contributed by atoms with E-state index < -0.39 is 6.10 Å². The van der Waals surface area contributed by atoms with Crippen molar-refractivity contribution >= 4 is 50.5 Å². The zero-order chi connectivity index (χ0) is 12.4. The minimum Gasteiger partial charge on any atom is -0.388 e. The lowest BCUT2D eigenvalue weighted by Crippen LogP contribution is -2.00. The molecule has 1 aromatic carbocycles. The molecule has 17 heavy (non-hydrogen) atoms. The van der Waals surface area contributed by atoms with Gasteiger partial charge in [-0.25, -0.2) is 0 Å². The van der Waals surface area contributed by atoms with Crippen LogP contribution in [0.3, 0.4) is 0 Å².